The lowest BCUT2D eigenvalue weighted by Gasteiger charge is -2.38. The summed E-state index contributed by atoms with van der Waals surface area (Å²) in [7, 11) is 2.17. The molecular weight excluding hydrogens is 184 g/mol. The van der Waals surface area contributed by atoms with Crippen molar-refractivity contribution in [2.24, 2.45) is 17.8 Å². The van der Waals surface area contributed by atoms with Crippen LogP contribution in [0.4, 0.5) is 0 Å². The molecule has 1 aliphatic carbocycles. The maximum Gasteiger partial charge on any atom is 0.0258 e. The molecule has 0 aromatic heterocycles. The molecule has 2 heteroatoms. The molecule has 0 aromatic rings. The van der Waals surface area contributed by atoms with Crippen molar-refractivity contribution in [3.05, 3.63) is 0 Å². The molecule has 0 radical (unpaired) electrons. The Bertz CT molecular complexity index is 203. The maximum atomic E-state index is 3.64. The first kappa shape index (κ1) is 11.4. The van der Waals surface area contributed by atoms with Gasteiger partial charge < -0.3 is 0 Å². The van der Waals surface area contributed by atoms with Gasteiger partial charge in [0.2, 0.25) is 0 Å². The number of nitrogens with one attached hydrogen (secondary N) is 1. The fraction of sp³-hybridized carbons (Fsp3) is 1.00. The third-order valence-electron chi connectivity index (χ3n) is 4.41. The van der Waals surface area contributed by atoms with Gasteiger partial charge in [-0.2, -0.15) is 0 Å². The summed E-state index contributed by atoms with van der Waals surface area (Å²) in [5, 5.41) is 2.27. The Morgan fingerprint density at radius 2 is 1.87 bits per heavy atom. The molecule has 2 fully saturated rings. The highest BCUT2D eigenvalue weighted by Crippen LogP contribution is 2.38. The van der Waals surface area contributed by atoms with Gasteiger partial charge in [-0.15, -0.1) is 0 Å². The van der Waals surface area contributed by atoms with Gasteiger partial charge in [0.05, 0.1) is 0 Å². The summed E-state index contributed by atoms with van der Waals surface area (Å²) in [4.78, 5) is 0. The number of hydrogen-bond acceptors (Lipinski definition) is 2. The third-order valence-corrected chi connectivity index (χ3v) is 4.41. The van der Waals surface area contributed by atoms with Crippen molar-refractivity contribution in [1.29, 1.82) is 0 Å². The highest BCUT2D eigenvalue weighted by atomic mass is 15.5. The monoisotopic (exact) mass is 210 g/mol. The highest BCUT2D eigenvalue weighted by molar-refractivity contribution is 4.88. The Morgan fingerprint density at radius 3 is 2.47 bits per heavy atom. The lowest BCUT2D eigenvalue weighted by atomic mass is 9.70. The van der Waals surface area contributed by atoms with Gasteiger partial charge in [0.25, 0.3) is 0 Å². The molecule has 3 atom stereocenters. The second-order valence-electron chi connectivity index (χ2n) is 5.80. The number of nitrogens with zero attached hydrogens (tertiary/aromatic N) is 1. The average Bonchev–Trinajstić information content (AvgIpc) is 2.65. The summed E-state index contributed by atoms with van der Waals surface area (Å²) in [5.74, 6) is 2.76. The van der Waals surface area contributed by atoms with Crippen molar-refractivity contribution in [1.82, 2.24) is 10.4 Å². The topological polar surface area (TPSA) is 15.3 Å². The maximum absolute atomic E-state index is 3.64. The summed E-state index contributed by atoms with van der Waals surface area (Å²) in [5.41, 5.74) is 3.64. The summed E-state index contributed by atoms with van der Waals surface area (Å²) >= 11 is 0. The Balaban J connectivity index is 1.98. The van der Waals surface area contributed by atoms with Crippen LogP contribution in [0, 0.1) is 17.8 Å². The van der Waals surface area contributed by atoms with Crippen LogP contribution in [0.25, 0.3) is 0 Å². The van der Waals surface area contributed by atoms with Gasteiger partial charge in [-0.25, -0.2) is 5.01 Å². The summed E-state index contributed by atoms with van der Waals surface area (Å²) in [6.45, 7) is 6.04. The molecule has 1 aliphatic heterocycles. The smallest absolute Gasteiger partial charge is 0.0258 e. The predicted octanol–water partition coefficient (Wildman–Crippen LogP) is 2.66. The van der Waals surface area contributed by atoms with Crippen molar-refractivity contribution in [2.75, 3.05) is 13.6 Å². The lowest BCUT2D eigenvalue weighted by molar-refractivity contribution is 0.127. The molecule has 2 aliphatic rings. The zero-order chi connectivity index (χ0) is 10.8. The highest BCUT2D eigenvalue weighted by Gasteiger charge is 2.35. The first-order valence-corrected chi connectivity index (χ1v) is 6.66. The first-order chi connectivity index (χ1) is 7.18. The Morgan fingerprint density at radius 1 is 1.13 bits per heavy atom. The third kappa shape index (κ3) is 2.54. The molecule has 0 aromatic carbocycles. The van der Waals surface area contributed by atoms with Crippen LogP contribution in [0.3, 0.4) is 0 Å². The first-order valence-electron chi connectivity index (χ1n) is 6.66. The lowest BCUT2D eigenvalue weighted by Crippen LogP contribution is -2.42. The molecule has 3 unspecified atom stereocenters. The molecule has 2 rings (SSSR count). The van der Waals surface area contributed by atoms with Crippen molar-refractivity contribution in [2.45, 2.75) is 52.0 Å². The van der Waals surface area contributed by atoms with Gasteiger partial charge in [-0.3, -0.25) is 5.43 Å². The molecule has 0 spiro atoms. The van der Waals surface area contributed by atoms with E-state index in [4.69, 9.17) is 0 Å². The van der Waals surface area contributed by atoms with E-state index in [1.807, 2.05) is 0 Å². The zero-order valence-corrected chi connectivity index (χ0v) is 10.5. The van der Waals surface area contributed by atoms with Gasteiger partial charge in [0, 0.05) is 19.6 Å². The molecule has 88 valence electrons. The standard InChI is InChI=1S/C13H26N2/c1-10(2)11-6-4-5-7-12(11)13-8-9-15(3)14-13/h10-14H,4-9H2,1-3H3. The van der Waals surface area contributed by atoms with Crippen LogP contribution >= 0.6 is 0 Å². The Kier molecular flexibility index (Phi) is 3.68. The molecule has 1 heterocycles. The minimum atomic E-state index is 0.766. The van der Waals surface area contributed by atoms with Crippen LogP contribution in [0.2, 0.25) is 0 Å². The summed E-state index contributed by atoms with van der Waals surface area (Å²) in [6, 6.07) is 0.766. The van der Waals surface area contributed by atoms with E-state index in [0.29, 0.717) is 0 Å². The SMILES string of the molecule is CC(C)C1CCCCC1C1CCN(C)N1. The van der Waals surface area contributed by atoms with E-state index in [0.717, 1.165) is 23.8 Å². The average molecular weight is 210 g/mol. The zero-order valence-electron chi connectivity index (χ0n) is 10.5. The Hall–Kier alpha value is -0.0800. The van der Waals surface area contributed by atoms with E-state index in [2.05, 4.69) is 31.3 Å². The predicted molar refractivity (Wildman–Crippen MR) is 64.5 cm³/mol. The molecule has 15 heavy (non-hydrogen) atoms. The van der Waals surface area contributed by atoms with Crippen LogP contribution in [-0.2, 0) is 0 Å². The van der Waals surface area contributed by atoms with Crippen LogP contribution in [0.1, 0.15) is 46.0 Å². The van der Waals surface area contributed by atoms with E-state index < -0.39 is 0 Å². The molecular formula is C13H26N2. The minimum absolute atomic E-state index is 0.766. The van der Waals surface area contributed by atoms with Crippen molar-refractivity contribution in [3.8, 4) is 0 Å². The van der Waals surface area contributed by atoms with E-state index in [1.54, 1.807) is 0 Å². The van der Waals surface area contributed by atoms with Gasteiger partial charge in [0.15, 0.2) is 0 Å². The van der Waals surface area contributed by atoms with Crippen molar-refractivity contribution in [3.63, 3.8) is 0 Å². The van der Waals surface area contributed by atoms with E-state index >= 15 is 0 Å². The van der Waals surface area contributed by atoms with Gasteiger partial charge >= 0.3 is 0 Å². The fourth-order valence-electron chi connectivity index (χ4n) is 3.57. The molecule has 1 saturated carbocycles. The van der Waals surface area contributed by atoms with Gasteiger partial charge in [-0.05, 0) is 37.0 Å². The number of rotatable bonds is 2. The van der Waals surface area contributed by atoms with E-state index in [9.17, 15) is 0 Å². The van der Waals surface area contributed by atoms with Crippen molar-refractivity contribution < 1.29 is 0 Å². The second-order valence-corrected chi connectivity index (χ2v) is 5.80. The van der Waals surface area contributed by atoms with Crippen molar-refractivity contribution >= 4 is 0 Å². The van der Waals surface area contributed by atoms with Crippen LogP contribution in [-0.4, -0.2) is 24.6 Å². The minimum Gasteiger partial charge on any atom is -0.252 e. The second kappa shape index (κ2) is 4.84. The number of hydrazine groups is 1. The summed E-state index contributed by atoms with van der Waals surface area (Å²) < 4.78 is 0. The van der Waals surface area contributed by atoms with E-state index in [-0.39, 0.29) is 0 Å². The van der Waals surface area contributed by atoms with Crippen LogP contribution in [0.5, 0.6) is 0 Å². The normalized spacial score (nSPS) is 38.8. The van der Waals surface area contributed by atoms with Crippen LogP contribution in [0.15, 0.2) is 0 Å². The molecule has 1 N–H and O–H groups in total. The molecule has 1 saturated heterocycles. The van der Waals surface area contributed by atoms with Gasteiger partial charge in [-0.1, -0.05) is 26.7 Å². The number of hydrogen-bond donors (Lipinski definition) is 1. The molecule has 0 amide bonds. The molecule has 2 nitrogen and oxygen atoms in total. The quantitative estimate of drug-likeness (QED) is 0.754. The fourth-order valence-corrected chi connectivity index (χ4v) is 3.57. The van der Waals surface area contributed by atoms with E-state index in [1.165, 1.54) is 38.6 Å². The largest absolute Gasteiger partial charge is 0.252 e. The van der Waals surface area contributed by atoms with Gasteiger partial charge in [0.1, 0.15) is 0 Å². The Labute approximate surface area is 94.4 Å². The molecule has 0 bridgehead atoms. The summed E-state index contributed by atoms with van der Waals surface area (Å²) in [6.07, 6.45) is 7.18. The van der Waals surface area contributed by atoms with Crippen LogP contribution < -0.4 is 5.43 Å².